The zero-order valence-corrected chi connectivity index (χ0v) is 10.1. The Morgan fingerprint density at radius 1 is 0.882 bits per heavy atom. The Morgan fingerprint density at radius 2 is 1.47 bits per heavy atom. The van der Waals surface area contributed by atoms with Crippen molar-refractivity contribution in [1.29, 1.82) is 0 Å². The fraction of sp³-hybridized carbons (Fsp3) is 0. The molecule has 0 aromatic heterocycles. The molecule has 0 unspecified atom stereocenters. The largest absolute Gasteiger partial charge is 0.288 e. The van der Waals surface area contributed by atoms with Crippen LogP contribution in [0.4, 0.5) is 4.39 Å². The van der Waals surface area contributed by atoms with Crippen molar-refractivity contribution < 1.29 is 9.18 Å². The lowest BCUT2D eigenvalue weighted by Gasteiger charge is -2.05. The van der Waals surface area contributed by atoms with Crippen LogP contribution in [0.3, 0.4) is 0 Å². The van der Waals surface area contributed by atoms with E-state index >= 15 is 0 Å². The zero-order valence-electron chi connectivity index (χ0n) is 8.58. The van der Waals surface area contributed by atoms with Gasteiger partial charge in [0.15, 0.2) is 11.6 Å². The van der Waals surface area contributed by atoms with Crippen LogP contribution in [0.1, 0.15) is 15.9 Å². The summed E-state index contributed by atoms with van der Waals surface area (Å²) >= 11 is 11.5. The molecular weight excluding hydrogens is 262 g/mol. The van der Waals surface area contributed by atoms with Crippen LogP contribution < -0.4 is 0 Å². The highest BCUT2D eigenvalue weighted by molar-refractivity contribution is 6.35. The lowest BCUT2D eigenvalue weighted by molar-refractivity contribution is 0.103. The van der Waals surface area contributed by atoms with E-state index < -0.39 is 11.6 Å². The Bertz CT molecular complexity index is 581. The smallest absolute Gasteiger partial charge is 0.197 e. The number of benzene rings is 2. The summed E-state index contributed by atoms with van der Waals surface area (Å²) in [5.41, 5.74) is 0.181. The van der Waals surface area contributed by atoms with Crippen LogP contribution in [0.2, 0.25) is 10.0 Å². The molecule has 0 N–H and O–H groups in total. The van der Waals surface area contributed by atoms with E-state index in [9.17, 15) is 9.18 Å². The number of rotatable bonds is 2. The maximum absolute atomic E-state index is 13.7. The minimum Gasteiger partial charge on any atom is -0.288 e. The van der Waals surface area contributed by atoms with Gasteiger partial charge in [0.25, 0.3) is 0 Å². The highest BCUT2D eigenvalue weighted by Crippen LogP contribution is 2.23. The first-order valence-electron chi connectivity index (χ1n) is 4.84. The van der Waals surface area contributed by atoms with Crippen molar-refractivity contribution >= 4 is 29.0 Å². The molecule has 2 aromatic carbocycles. The second kappa shape index (κ2) is 4.86. The number of hydrogen-bond donors (Lipinski definition) is 0. The van der Waals surface area contributed by atoms with Crippen molar-refractivity contribution in [3.63, 3.8) is 0 Å². The molecule has 0 atom stereocenters. The Balaban J connectivity index is 2.52. The molecule has 0 aliphatic heterocycles. The molecule has 0 radical (unpaired) electrons. The van der Waals surface area contributed by atoms with Gasteiger partial charge in [-0.2, -0.15) is 0 Å². The molecule has 0 amide bonds. The fourth-order valence-corrected chi connectivity index (χ4v) is 1.87. The maximum Gasteiger partial charge on any atom is 0.197 e. The summed E-state index contributed by atoms with van der Waals surface area (Å²) in [6, 6.07) is 10.8. The Hall–Kier alpha value is -1.38. The first-order chi connectivity index (χ1) is 8.11. The molecular formula is C13H7Cl2FO. The number of carbonyl (C=O) groups is 1. The molecule has 0 aliphatic carbocycles. The molecule has 0 bridgehead atoms. The third kappa shape index (κ3) is 2.33. The second-order valence-corrected chi connectivity index (χ2v) is 4.22. The summed E-state index contributed by atoms with van der Waals surface area (Å²) in [5, 5.41) is 0.208. The minimum absolute atomic E-state index is 0.0781. The summed E-state index contributed by atoms with van der Waals surface area (Å²) in [4.78, 5) is 12.1. The predicted octanol–water partition coefficient (Wildman–Crippen LogP) is 4.36. The Kier molecular flexibility index (Phi) is 3.46. The molecule has 0 saturated heterocycles. The van der Waals surface area contributed by atoms with Crippen LogP contribution >= 0.6 is 23.2 Å². The van der Waals surface area contributed by atoms with Crippen molar-refractivity contribution in [2.75, 3.05) is 0 Å². The van der Waals surface area contributed by atoms with Gasteiger partial charge in [-0.25, -0.2) is 4.39 Å². The number of ketones is 1. The first-order valence-corrected chi connectivity index (χ1v) is 5.60. The first kappa shape index (κ1) is 12.1. The van der Waals surface area contributed by atoms with Crippen molar-refractivity contribution in [3.8, 4) is 0 Å². The Labute approximate surface area is 108 Å². The van der Waals surface area contributed by atoms with E-state index in [1.807, 2.05) is 0 Å². The number of halogens is 3. The normalized spacial score (nSPS) is 10.3. The summed E-state index contributed by atoms with van der Waals surface area (Å²) in [6.07, 6.45) is 0. The van der Waals surface area contributed by atoms with Crippen LogP contribution in [-0.2, 0) is 0 Å². The lowest BCUT2D eigenvalue weighted by Crippen LogP contribution is -2.05. The average molecular weight is 269 g/mol. The van der Waals surface area contributed by atoms with Gasteiger partial charge in [-0.3, -0.25) is 4.79 Å². The lowest BCUT2D eigenvalue weighted by atomic mass is 10.0. The Morgan fingerprint density at radius 3 is 2.18 bits per heavy atom. The van der Waals surface area contributed by atoms with Crippen LogP contribution in [-0.4, -0.2) is 5.78 Å². The van der Waals surface area contributed by atoms with Crippen molar-refractivity contribution in [2.24, 2.45) is 0 Å². The van der Waals surface area contributed by atoms with Gasteiger partial charge in [0, 0.05) is 5.56 Å². The number of carbonyl (C=O) groups excluding carboxylic acids is 1. The van der Waals surface area contributed by atoms with E-state index in [1.165, 1.54) is 18.2 Å². The highest BCUT2D eigenvalue weighted by Gasteiger charge is 2.17. The monoisotopic (exact) mass is 268 g/mol. The van der Waals surface area contributed by atoms with Crippen molar-refractivity contribution in [2.45, 2.75) is 0 Å². The fourth-order valence-electron chi connectivity index (χ4n) is 1.47. The van der Waals surface area contributed by atoms with E-state index in [0.717, 1.165) is 0 Å². The van der Waals surface area contributed by atoms with E-state index in [0.29, 0.717) is 0 Å². The second-order valence-electron chi connectivity index (χ2n) is 3.41. The van der Waals surface area contributed by atoms with Crippen LogP contribution in [0.25, 0.3) is 0 Å². The topological polar surface area (TPSA) is 17.1 Å². The molecule has 0 heterocycles. The summed E-state index contributed by atoms with van der Waals surface area (Å²) in [7, 11) is 0. The molecule has 2 rings (SSSR count). The molecule has 0 spiro atoms. The molecule has 2 aromatic rings. The SMILES string of the molecule is O=C(c1ccccc1Cl)c1cccc(Cl)c1F. The third-order valence-corrected chi connectivity index (χ3v) is 2.94. The third-order valence-electron chi connectivity index (χ3n) is 2.31. The van der Waals surface area contributed by atoms with E-state index in [-0.39, 0.29) is 21.2 Å². The molecule has 0 aliphatic rings. The van der Waals surface area contributed by atoms with Gasteiger partial charge in [-0.15, -0.1) is 0 Å². The van der Waals surface area contributed by atoms with Crippen molar-refractivity contribution in [1.82, 2.24) is 0 Å². The highest BCUT2D eigenvalue weighted by atomic mass is 35.5. The van der Waals surface area contributed by atoms with Gasteiger partial charge in [0.1, 0.15) is 0 Å². The van der Waals surface area contributed by atoms with Crippen LogP contribution in [0.5, 0.6) is 0 Å². The minimum atomic E-state index is -0.723. The summed E-state index contributed by atoms with van der Waals surface area (Å²) in [5.74, 6) is -1.20. The zero-order chi connectivity index (χ0) is 12.4. The van der Waals surface area contributed by atoms with Gasteiger partial charge < -0.3 is 0 Å². The molecule has 17 heavy (non-hydrogen) atoms. The average Bonchev–Trinajstić information content (AvgIpc) is 2.32. The van der Waals surface area contributed by atoms with Gasteiger partial charge in [-0.05, 0) is 24.3 Å². The van der Waals surface area contributed by atoms with Gasteiger partial charge >= 0.3 is 0 Å². The van der Waals surface area contributed by atoms with E-state index in [1.54, 1.807) is 24.3 Å². The number of hydrogen-bond acceptors (Lipinski definition) is 1. The summed E-state index contributed by atoms with van der Waals surface area (Å²) in [6.45, 7) is 0. The molecule has 4 heteroatoms. The summed E-state index contributed by atoms with van der Waals surface area (Å²) < 4.78 is 13.7. The quantitative estimate of drug-likeness (QED) is 0.740. The van der Waals surface area contributed by atoms with Gasteiger partial charge in [-0.1, -0.05) is 41.4 Å². The van der Waals surface area contributed by atoms with Gasteiger partial charge in [0.2, 0.25) is 0 Å². The maximum atomic E-state index is 13.7. The van der Waals surface area contributed by atoms with Gasteiger partial charge in [0.05, 0.1) is 15.6 Å². The standard InChI is InChI=1S/C13H7Cl2FO/c14-10-6-2-1-4-8(10)13(17)9-5-3-7-11(15)12(9)16/h1-7H. The predicted molar refractivity (Wildman–Crippen MR) is 66.3 cm³/mol. The van der Waals surface area contributed by atoms with Crippen molar-refractivity contribution in [3.05, 3.63) is 69.5 Å². The van der Waals surface area contributed by atoms with E-state index in [4.69, 9.17) is 23.2 Å². The molecule has 0 saturated carbocycles. The van der Waals surface area contributed by atoms with Crippen LogP contribution in [0.15, 0.2) is 42.5 Å². The molecule has 1 nitrogen and oxygen atoms in total. The van der Waals surface area contributed by atoms with E-state index in [2.05, 4.69) is 0 Å². The molecule has 86 valence electrons. The molecule has 0 fully saturated rings. The van der Waals surface area contributed by atoms with Crippen LogP contribution in [0, 0.1) is 5.82 Å².